The van der Waals surface area contributed by atoms with E-state index in [1.54, 1.807) is 23.1 Å². The van der Waals surface area contributed by atoms with Crippen molar-refractivity contribution in [2.45, 2.75) is 43.4 Å². The summed E-state index contributed by atoms with van der Waals surface area (Å²) >= 11 is 4.92. The zero-order chi connectivity index (χ0) is 23.6. The fraction of sp³-hybridized carbons (Fsp3) is 0.320. The van der Waals surface area contributed by atoms with E-state index in [-0.39, 0.29) is 0 Å². The van der Waals surface area contributed by atoms with Crippen molar-refractivity contribution in [1.82, 2.24) is 5.32 Å². The van der Waals surface area contributed by atoms with Crippen LogP contribution in [0.3, 0.4) is 0 Å². The van der Waals surface area contributed by atoms with Crippen LogP contribution in [0.15, 0.2) is 73.6 Å². The van der Waals surface area contributed by atoms with Crippen LogP contribution in [0.4, 0.5) is 4.79 Å². The highest BCUT2D eigenvalue weighted by Crippen LogP contribution is 2.38. The SMILES string of the molecule is CCCCSC(=NC1C(=N)C=CC(Sc2cc(C)cs2)=C1Cc1ccccc1)NC(=O)OC. The number of amides is 1. The molecule has 5 nitrogen and oxygen atoms in total. The Bertz CT molecular complexity index is 1060. The minimum absolute atomic E-state index is 0.410. The molecule has 0 radical (unpaired) electrons. The third-order valence-corrected chi connectivity index (χ3v) is 8.18. The lowest BCUT2D eigenvalue weighted by Gasteiger charge is -2.24. The number of allylic oxidation sites excluding steroid dienone is 1. The van der Waals surface area contributed by atoms with Gasteiger partial charge in [-0.1, -0.05) is 67.2 Å². The number of aliphatic imine (C=N–C) groups is 1. The number of methoxy groups -OCH3 is 1. The van der Waals surface area contributed by atoms with Crippen LogP contribution in [0.5, 0.6) is 0 Å². The maximum absolute atomic E-state index is 11.9. The van der Waals surface area contributed by atoms with Gasteiger partial charge in [0.05, 0.1) is 17.0 Å². The van der Waals surface area contributed by atoms with E-state index in [1.807, 2.05) is 30.4 Å². The van der Waals surface area contributed by atoms with E-state index in [2.05, 4.69) is 42.7 Å². The molecule has 0 spiro atoms. The normalized spacial score (nSPS) is 16.3. The van der Waals surface area contributed by atoms with Gasteiger partial charge in [0.1, 0.15) is 6.04 Å². The van der Waals surface area contributed by atoms with Gasteiger partial charge in [0.15, 0.2) is 5.17 Å². The van der Waals surface area contributed by atoms with Gasteiger partial charge in [-0.2, -0.15) is 0 Å². The molecule has 1 aliphatic carbocycles. The number of nitrogens with one attached hydrogen (secondary N) is 2. The van der Waals surface area contributed by atoms with Gasteiger partial charge in [-0.05, 0) is 60.1 Å². The second kappa shape index (κ2) is 12.8. The largest absolute Gasteiger partial charge is 0.453 e. The molecule has 0 fully saturated rings. The van der Waals surface area contributed by atoms with Crippen LogP contribution in [0, 0.1) is 12.3 Å². The Morgan fingerprint density at radius 2 is 2.06 bits per heavy atom. The molecule has 1 amide bonds. The van der Waals surface area contributed by atoms with Gasteiger partial charge in [0, 0.05) is 10.7 Å². The second-order valence-corrected chi connectivity index (χ2v) is 10.9. The topological polar surface area (TPSA) is 74.5 Å². The predicted octanol–water partition coefficient (Wildman–Crippen LogP) is 6.85. The van der Waals surface area contributed by atoms with Crippen molar-refractivity contribution >= 4 is 51.8 Å². The first-order valence-corrected chi connectivity index (χ1v) is 13.5. The highest BCUT2D eigenvalue weighted by Gasteiger charge is 2.26. The maximum Gasteiger partial charge on any atom is 0.412 e. The number of benzene rings is 1. The van der Waals surface area contributed by atoms with Crippen LogP contribution in [-0.2, 0) is 11.2 Å². The van der Waals surface area contributed by atoms with E-state index in [0.29, 0.717) is 17.3 Å². The molecular weight excluding hydrogens is 470 g/mol. The zero-order valence-electron chi connectivity index (χ0n) is 19.1. The number of thioether (sulfide) groups is 2. The first kappa shape index (κ1) is 25.3. The Morgan fingerprint density at radius 3 is 2.73 bits per heavy atom. The van der Waals surface area contributed by atoms with E-state index in [1.165, 1.54) is 28.6 Å². The summed E-state index contributed by atoms with van der Waals surface area (Å²) < 4.78 is 6.01. The molecule has 3 rings (SSSR count). The Balaban J connectivity index is 2.00. The van der Waals surface area contributed by atoms with Crippen LogP contribution in [-0.4, -0.2) is 35.9 Å². The minimum atomic E-state index is -0.548. The molecule has 0 bridgehead atoms. The zero-order valence-corrected chi connectivity index (χ0v) is 21.5. The Labute approximate surface area is 208 Å². The van der Waals surface area contributed by atoms with Gasteiger partial charge in [-0.15, -0.1) is 11.3 Å². The fourth-order valence-electron chi connectivity index (χ4n) is 3.17. The number of ether oxygens (including phenoxy) is 1. The van der Waals surface area contributed by atoms with Crippen molar-refractivity contribution < 1.29 is 9.53 Å². The summed E-state index contributed by atoms with van der Waals surface area (Å²) in [6.07, 6.45) is 6.04. The number of amidine groups is 1. The van der Waals surface area contributed by atoms with E-state index >= 15 is 0 Å². The predicted molar refractivity (Wildman–Crippen MR) is 143 cm³/mol. The third-order valence-electron chi connectivity index (χ3n) is 4.89. The van der Waals surface area contributed by atoms with Crippen LogP contribution in [0.25, 0.3) is 0 Å². The van der Waals surface area contributed by atoms with Crippen LogP contribution in [0.2, 0.25) is 0 Å². The summed E-state index contributed by atoms with van der Waals surface area (Å²) in [6.45, 7) is 4.22. The lowest BCUT2D eigenvalue weighted by molar-refractivity contribution is 0.177. The van der Waals surface area contributed by atoms with Gasteiger partial charge >= 0.3 is 6.09 Å². The summed E-state index contributed by atoms with van der Waals surface area (Å²) in [6, 6.07) is 12.0. The number of rotatable bonds is 8. The van der Waals surface area contributed by atoms with Gasteiger partial charge in [-0.3, -0.25) is 5.32 Å². The summed E-state index contributed by atoms with van der Waals surface area (Å²) in [5.41, 5.74) is 3.88. The molecule has 2 aromatic rings. The van der Waals surface area contributed by atoms with Gasteiger partial charge in [0.2, 0.25) is 0 Å². The van der Waals surface area contributed by atoms with Crippen LogP contribution in [0.1, 0.15) is 30.9 Å². The van der Waals surface area contributed by atoms with Crippen molar-refractivity contribution in [3.05, 3.63) is 75.5 Å². The smallest absolute Gasteiger partial charge is 0.412 e. The van der Waals surface area contributed by atoms with E-state index in [0.717, 1.165) is 34.6 Å². The highest BCUT2D eigenvalue weighted by atomic mass is 32.2. The lowest BCUT2D eigenvalue weighted by atomic mass is 9.92. The highest BCUT2D eigenvalue weighted by molar-refractivity contribution is 8.13. The summed E-state index contributed by atoms with van der Waals surface area (Å²) in [4.78, 5) is 17.9. The molecule has 1 aromatic carbocycles. The maximum atomic E-state index is 11.9. The number of carbonyl (C=O) groups excluding carboxylic acids is 1. The standard InChI is InChI=1S/C25H29N3O2S3/c1-4-5-13-31-24(28-25(29)30-3)27-23-19(15-18-9-7-6-8-10-18)21(12-11-20(23)26)33-22-14-17(2)16-32-22/h6-12,14,16,23,26H,4-5,13,15H2,1-3H3,(H,27,28,29). The number of hydrogen-bond donors (Lipinski definition) is 2. The Hall–Kier alpha value is -2.29. The molecule has 2 N–H and O–H groups in total. The minimum Gasteiger partial charge on any atom is -0.453 e. The number of nitrogens with zero attached hydrogens (tertiary/aromatic N) is 1. The second-order valence-electron chi connectivity index (χ2n) is 7.54. The molecule has 0 saturated heterocycles. The molecule has 0 saturated carbocycles. The van der Waals surface area contributed by atoms with Gasteiger partial charge in [-0.25, -0.2) is 9.79 Å². The number of aryl methyl sites for hydroxylation is 1. The van der Waals surface area contributed by atoms with E-state index in [4.69, 9.17) is 15.1 Å². The first-order chi connectivity index (χ1) is 16.0. The molecule has 8 heteroatoms. The molecule has 1 aromatic heterocycles. The van der Waals surface area contributed by atoms with Crippen molar-refractivity contribution in [2.24, 2.45) is 4.99 Å². The molecule has 1 unspecified atom stereocenters. The van der Waals surface area contributed by atoms with Crippen molar-refractivity contribution in [2.75, 3.05) is 12.9 Å². The number of thiophene rings is 1. The number of hydrogen-bond acceptors (Lipinski definition) is 7. The number of carbonyl (C=O) groups is 1. The Kier molecular flexibility index (Phi) is 9.84. The quantitative estimate of drug-likeness (QED) is 0.237. The first-order valence-electron chi connectivity index (χ1n) is 10.8. The van der Waals surface area contributed by atoms with Gasteiger partial charge in [0.25, 0.3) is 0 Å². The van der Waals surface area contributed by atoms with Crippen LogP contribution >= 0.6 is 34.9 Å². The molecule has 174 valence electrons. The van der Waals surface area contributed by atoms with Crippen LogP contribution < -0.4 is 5.32 Å². The molecule has 0 aliphatic heterocycles. The monoisotopic (exact) mass is 499 g/mol. The molecule has 1 heterocycles. The van der Waals surface area contributed by atoms with Crippen molar-refractivity contribution in [1.29, 1.82) is 5.41 Å². The summed E-state index contributed by atoms with van der Waals surface area (Å²) in [5, 5.41) is 14.0. The van der Waals surface area contributed by atoms with Gasteiger partial charge < -0.3 is 10.1 Å². The number of unbranched alkanes of at least 4 members (excludes halogenated alkanes) is 1. The average Bonchev–Trinajstić information content (AvgIpc) is 3.23. The van der Waals surface area contributed by atoms with E-state index < -0.39 is 12.1 Å². The molecule has 33 heavy (non-hydrogen) atoms. The fourth-order valence-corrected chi connectivity index (χ4v) is 6.28. The number of alkyl carbamates (subject to hydrolysis) is 1. The Morgan fingerprint density at radius 1 is 1.27 bits per heavy atom. The summed E-state index contributed by atoms with van der Waals surface area (Å²) in [7, 11) is 1.34. The average molecular weight is 500 g/mol. The molecular formula is C25H29N3O2S3. The molecule has 1 atom stereocenters. The lowest BCUT2D eigenvalue weighted by Crippen LogP contribution is -2.32. The van der Waals surface area contributed by atoms with Crippen molar-refractivity contribution in [3.8, 4) is 0 Å². The van der Waals surface area contributed by atoms with E-state index in [9.17, 15) is 4.79 Å². The third kappa shape index (κ3) is 7.62. The summed E-state index contributed by atoms with van der Waals surface area (Å²) in [5.74, 6) is 0.836. The molecule has 1 aliphatic rings. The van der Waals surface area contributed by atoms with Crippen molar-refractivity contribution in [3.63, 3.8) is 0 Å².